The van der Waals surface area contributed by atoms with Gasteiger partial charge in [0.2, 0.25) is 0 Å². The first-order valence-electron chi connectivity index (χ1n) is 11.5. The van der Waals surface area contributed by atoms with E-state index in [0.717, 1.165) is 34.2 Å². The molecule has 0 aliphatic carbocycles. The van der Waals surface area contributed by atoms with E-state index in [2.05, 4.69) is 13.6 Å². The highest BCUT2D eigenvalue weighted by Crippen LogP contribution is 2.38. The molecule has 0 saturated carbocycles. The van der Waals surface area contributed by atoms with Crippen molar-refractivity contribution in [3.63, 3.8) is 0 Å². The Morgan fingerprint density at radius 2 is 1.43 bits per heavy atom. The van der Waals surface area contributed by atoms with Crippen molar-refractivity contribution < 1.29 is 4.39 Å². The van der Waals surface area contributed by atoms with E-state index < -0.39 is 5.82 Å². The molecular weight excluding hydrogens is 481 g/mol. The molecule has 0 fully saturated rings. The maximum atomic E-state index is 15.7. The molecule has 0 bridgehead atoms. The fourth-order valence-electron chi connectivity index (χ4n) is 4.15. The Bertz CT molecular complexity index is 1660. The van der Waals surface area contributed by atoms with Gasteiger partial charge in [0.25, 0.3) is 5.70 Å². The van der Waals surface area contributed by atoms with Gasteiger partial charge in [-0.25, -0.2) is 14.5 Å². The largest absolute Gasteiger partial charge is 0.310 e. The molecular formula is C30H20FN5S. The molecule has 0 N–H and O–H groups in total. The molecule has 5 rings (SSSR count). The standard InChI is InChI=1S/C30H20FN5S/c1-19-4-9-23(10-5-19)36(24-11-6-20(2)7-12-24)25-13-15-26(28(31)17-25)27-14-8-21(16-22(18-32)33-3)29-30(27)35-37-34-29/h4-17H,1-2H3/b22-16-. The second-order valence-corrected chi connectivity index (χ2v) is 9.12. The van der Waals surface area contributed by atoms with Crippen LogP contribution in [-0.2, 0) is 0 Å². The van der Waals surface area contributed by atoms with Crippen LogP contribution in [0.15, 0.2) is 84.6 Å². The van der Waals surface area contributed by atoms with Gasteiger partial charge in [-0.2, -0.15) is 8.75 Å². The number of benzene rings is 4. The molecule has 1 heterocycles. The van der Waals surface area contributed by atoms with Crippen LogP contribution in [0.1, 0.15) is 16.7 Å². The van der Waals surface area contributed by atoms with Crippen LogP contribution in [0.2, 0.25) is 0 Å². The van der Waals surface area contributed by atoms with Gasteiger partial charge in [-0.15, -0.1) is 0 Å². The SMILES string of the molecule is [C-]#[N+]/C(C#N)=C\c1ccc(-c2ccc(N(c3ccc(C)cc3)c3ccc(C)cc3)cc2F)c2nsnc12. The topological polar surface area (TPSA) is 57.2 Å². The van der Waals surface area contributed by atoms with E-state index in [1.807, 2.05) is 79.4 Å². The van der Waals surface area contributed by atoms with Crippen LogP contribution in [-0.4, -0.2) is 8.75 Å². The van der Waals surface area contributed by atoms with Crippen LogP contribution in [0.5, 0.6) is 0 Å². The maximum Gasteiger partial charge on any atom is 0.262 e. The Morgan fingerprint density at radius 1 is 0.865 bits per heavy atom. The van der Waals surface area contributed by atoms with Crippen molar-refractivity contribution >= 4 is 45.9 Å². The molecule has 4 aromatic carbocycles. The van der Waals surface area contributed by atoms with E-state index in [4.69, 9.17) is 11.8 Å². The summed E-state index contributed by atoms with van der Waals surface area (Å²) in [6.07, 6.45) is 1.47. The smallest absolute Gasteiger partial charge is 0.262 e. The summed E-state index contributed by atoms with van der Waals surface area (Å²) in [6, 6.07) is 26.8. The molecule has 5 nitrogen and oxygen atoms in total. The average molecular weight is 502 g/mol. The van der Waals surface area contributed by atoms with Gasteiger partial charge in [0.05, 0.1) is 24.4 Å². The van der Waals surface area contributed by atoms with E-state index in [1.165, 1.54) is 12.1 Å². The number of allylic oxidation sites excluding steroid dienone is 1. The fraction of sp³-hybridized carbons (Fsp3) is 0.0667. The van der Waals surface area contributed by atoms with Crippen molar-refractivity contribution in [2.45, 2.75) is 13.8 Å². The number of hydrogen-bond acceptors (Lipinski definition) is 5. The van der Waals surface area contributed by atoms with Crippen LogP contribution in [0.4, 0.5) is 21.5 Å². The Balaban J connectivity index is 1.61. The lowest BCUT2D eigenvalue weighted by atomic mass is 9.99. The summed E-state index contributed by atoms with van der Waals surface area (Å²) < 4.78 is 24.5. The molecule has 37 heavy (non-hydrogen) atoms. The molecule has 0 aliphatic heterocycles. The number of fused-ring (bicyclic) bond motifs is 1. The van der Waals surface area contributed by atoms with Crippen LogP contribution in [0, 0.1) is 37.6 Å². The van der Waals surface area contributed by atoms with Crippen LogP contribution < -0.4 is 4.90 Å². The molecule has 0 atom stereocenters. The highest BCUT2D eigenvalue weighted by molar-refractivity contribution is 7.00. The number of nitriles is 1. The molecule has 0 spiro atoms. The molecule has 5 aromatic rings. The van der Waals surface area contributed by atoms with Crippen LogP contribution in [0.25, 0.3) is 33.1 Å². The number of anilines is 3. The van der Waals surface area contributed by atoms with E-state index in [0.29, 0.717) is 33.4 Å². The van der Waals surface area contributed by atoms with Crippen molar-refractivity contribution in [3.05, 3.63) is 118 Å². The van der Waals surface area contributed by atoms with Gasteiger partial charge in [-0.05, 0) is 68.0 Å². The number of hydrogen-bond donors (Lipinski definition) is 0. The summed E-state index contributed by atoms with van der Waals surface area (Å²) >= 11 is 1.01. The lowest BCUT2D eigenvalue weighted by Gasteiger charge is -2.26. The predicted molar refractivity (Wildman–Crippen MR) is 147 cm³/mol. The minimum atomic E-state index is -0.391. The number of aromatic nitrogens is 2. The predicted octanol–water partition coefficient (Wildman–Crippen LogP) is 8.37. The lowest BCUT2D eigenvalue weighted by Crippen LogP contribution is -2.10. The highest BCUT2D eigenvalue weighted by atomic mass is 32.1. The average Bonchev–Trinajstić information content (AvgIpc) is 3.41. The van der Waals surface area contributed by atoms with Gasteiger partial charge < -0.3 is 4.90 Å². The summed E-state index contributed by atoms with van der Waals surface area (Å²) in [5.41, 5.74) is 7.44. The maximum absolute atomic E-state index is 15.7. The number of rotatable bonds is 5. The van der Waals surface area contributed by atoms with Crippen molar-refractivity contribution in [2.24, 2.45) is 0 Å². The van der Waals surface area contributed by atoms with Gasteiger partial charge >= 0.3 is 0 Å². The van der Waals surface area contributed by atoms with E-state index >= 15 is 4.39 Å². The van der Waals surface area contributed by atoms with Crippen molar-refractivity contribution in [2.75, 3.05) is 4.90 Å². The van der Waals surface area contributed by atoms with Crippen molar-refractivity contribution in [3.8, 4) is 17.2 Å². The first-order chi connectivity index (χ1) is 18.0. The Hall–Kier alpha value is -4.85. The van der Waals surface area contributed by atoms with E-state index in [1.54, 1.807) is 18.2 Å². The molecule has 0 unspecified atom stereocenters. The number of nitrogens with zero attached hydrogens (tertiary/aromatic N) is 5. The molecule has 0 radical (unpaired) electrons. The van der Waals surface area contributed by atoms with Gasteiger partial charge in [-0.1, -0.05) is 47.5 Å². The highest BCUT2D eigenvalue weighted by Gasteiger charge is 2.18. The van der Waals surface area contributed by atoms with Gasteiger partial charge in [0.1, 0.15) is 16.9 Å². The van der Waals surface area contributed by atoms with Crippen LogP contribution in [0.3, 0.4) is 0 Å². The fourth-order valence-corrected chi connectivity index (χ4v) is 4.73. The summed E-state index contributed by atoms with van der Waals surface area (Å²) in [6.45, 7) is 11.2. The first kappa shape index (κ1) is 23.9. The molecule has 178 valence electrons. The zero-order valence-corrected chi connectivity index (χ0v) is 20.9. The second-order valence-electron chi connectivity index (χ2n) is 8.59. The minimum absolute atomic E-state index is 0.0510. The Morgan fingerprint density at radius 3 is 2.00 bits per heavy atom. The van der Waals surface area contributed by atoms with Gasteiger partial charge in [0, 0.05) is 28.2 Å². The minimum Gasteiger partial charge on any atom is -0.310 e. The number of halogens is 1. The molecule has 0 aliphatic rings. The summed E-state index contributed by atoms with van der Waals surface area (Å²) in [5, 5.41) is 9.12. The Labute approximate surface area is 218 Å². The summed E-state index contributed by atoms with van der Waals surface area (Å²) in [7, 11) is 0. The Kier molecular flexibility index (Phi) is 6.47. The van der Waals surface area contributed by atoms with E-state index in [9.17, 15) is 0 Å². The zero-order valence-electron chi connectivity index (χ0n) is 20.1. The molecule has 7 heteroatoms. The van der Waals surface area contributed by atoms with Gasteiger partial charge in [-0.3, -0.25) is 0 Å². The number of aryl methyl sites for hydroxylation is 2. The monoisotopic (exact) mass is 501 g/mol. The second kappa shape index (κ2) is 10.0. The summed E-state index contributed by atoms with van der Waals surface area (Å²) in [5.74, 6) is -0.391. The quantitative estimate of drug-likeness (QED) is 0.179. The van der Waals surface area contributed by atoms with Gasteiger partial charge in [0.15, 0.2) is 0 Å². The summed E-state index contributed by atoms with van der Waals surface area (Å²) in [4.78, 5) is 5.24. The normalized spacial score (nSPS) is 11.2. The van der Waals surface area contributed by atoms with Crippen molar-refractivity contribution in [1.29, 1.82) is 5.26 Å². The third-order valence-corrected chi connectivity index (χ3v) is 6.59. The molecule has 1 aromatic heterocycles. The lowest BCUT2D eigenvalue weighted by molar-refractivity contribution is 0.631. The molecule has 0 saturated heterocycles. The molecule has 0 amide bonds. The van der Waals surface area contributed by atoms with Crippen molar-refractivity contribution in [1.82, 2.24) is 8.75 Å². The van der Waals surface area contributed by atoms with Crippen LogP contribution >= 0.6 is 11.7 Å². The third-order valence-electron chi connectivity index (χ3n) is 6.06. The van der Waals surface area contributed by atoms with E-state index in [-0.39, 0.29) is 5.70 Å². The third kappa shape index (κ3) is 4.69. The first-order valence-corrected chi connectivity index (χ1v) is 12.2. The zero-order chi connectivity index (χ0) is 25.9.